The molecular weight excluding hydrogens is 340 g/mol. The van der Waals surface area contributed by atoms with Crippen LogP contribution in [0.2, 0.25) is 0 Å². The normalized spacial score (nSPS) is 12.2. The highest BCUT2D eigenvalue weighted by molar-refractivity contribution is 5.92. The Morgan fingerprint density at radius 1 is 0.923 bits per heavy atom. The molecule has 0 saturated heterocycles. The van der Waals surface area contributed by atoms with E-state index in [2.05, 4.69) is 10.6 Å². The van der Waals surface area contributed by atoms with Gasteiger partial charge in [-0.15, -0.1) is 0 Å². The summed E-state index contributed by atoms with van der Waals surface area (Å²) in [4.78, 5) is 35.3. The third-order valence-electron chi connectivity index (χ3n) is 2.53. The van der Waals surface area contributed by atoms with Crippen LogP contribution in [0.1, 0.15) is 61.3 Å². The first-order valence-corrected chi connectivity index (χ1v) is 8.68. The van der Waals surface area contributed by atoms with Crippen LogP contribution in [0.25, 0.3) is 0 Å². The van der Waals surface area contributed by atoms with Crippen molar-refractivity contribution in [3.05, 3.63) is 11.8 Å². The largest absolute Gasteiger partial charge is 0.461 e. The number of allylic oxidation sites excluding steroid dienone is 1. The molecule has 0 unspecified atom stereocenters. The fourth-order valence-electron chi connectivity index (χ4n) is 1.66. The summed E-state index contributed by atoms with van der Waals surface area (Å²) in [6.45, 7) is 12.7. The van der Waals surface area contributed by atoms with Crippen LogP contribution in [-0.2, 0) is 19.0 Å². The molecule has 0 aromatic carbocycles. The first kappa shape index (κ1) is 23.8. The summed E-state index contributed by atoms with van der Waals surface area (Å²) in [6.07, 6.45) is 1.30. The third-order valence-corrected chi connectivity index (χ3v) is 2.53. The maximum atomic E-state index is 11.9. The summed E-state index contributed by atoms with van der Waals surface area (Å²) < 4.78 is 15.2. The molecule has 0 aromatic heterocycles. The first-order valence-electron chi connectivity index (χ1n) is 8.68. The summed E-state index contributed by atoms with van der Waals surface area (Å²) in [5.74, 6) is -0.640. The van der Waals surface area contributed by atoms with Gasteiger partial charge in [-0.1, -0.05) is 6.08 Å². The smallest absolute Gasteiger partial charge is 0.412 e. The van der Waals surface area contributed by atoms with Crippen LogP contribution < -0.4 is 10.6 Å². The number of amides is 2. The topological polar surface area (TPSA) is 103 Å². The van der Waals surface area contributed by atoms with E-state index in [1.165, 1.54) is 0 Å². The van der Waals surface area contributed by atoms with Gasteiger partial charge in [0, 0.05) is 6.54 Å². The summed E-state index contributed by atoms with van der Waals surface area (Å²) in [6, 6.07) is 0. The number of esters is 1. The van der Waals surface area contributed by atoms with Crippen LogP contribution in [0.3, 0.4) is 0 Å². The van der Waals surface area contributed by atoms with Crippen LogP contribution in [0.15, 0.2) is 11.8 Å². The number of carbonyl (C=O) groups excluding carboxylic acids is 3. The molecule has 0 heterocycles. The minimum absolute atomic E-state index is 0.0124. The van der Waals surface area contributed by atoms with Crippen molar-refractivity contribution in [1.29, 1.82) is 0 Å². The van der Waals surface area contributed by atoms with Gasteiger partial charge in [-0.3, -0.25) is 5.32 Å². The Kier molecular flexibility index (Phi) is 9.75. The monoisotopic (exact) mass is 372 g/mol. The molecule has 0 atom stereocenters. The number of hydrogen-bond acceptors (Lipinski definition) is 6. The molecule has 0 saturated carbocycles. The highest BCUT2D eigenvalue weighted by Crippen LogP contribution is 2.09. The molecule has 0 bridgehead atoms. The van der Waals surface area contributed by atoms with E-state index in [9.17, 15) is 14.4 Å². The van der Waals surface area contributed by atoms with Gasteiger partial charge in [0.2, 0.25) is 0 Å². The van der Waals surface area contributed by atoms with Crippen molar-refractivity contribution in [2.45, 2.75) is 72.5 Å². The fourth-order valence-corrected chi connectivity index (χ4v) is 1.66. The van der Waals surface area contributed by atoms with Crippen LogP contribution in [0.4, 0.5) is 9.59 Å². The Bertz CT molecular complexity index is 515. The molecule has 0 spiro atoms. The highest BCUT2D eigenvalue weighted by atomic mass is 16.6. The molecular formula is C18H32N2O6. The number of hydrogen-bond donors (Lipinski definition) is 2. The van der Waals surface area contributed by atoms with Gasteiger partial charge in [0.05, 0.1) is 6.61 Å². The Balaban J connectivity index is 4.55. The van der Waals surface area contributed by atoms with Gasteiger partial charge in [-0.05, 0) is 61.3 Å². The van der Waals surface area contributed by atoms with Crippen molar-refractivity contribution >= 4 is 18.2 Å². The number of carbonyl (C=O) groups is 3. The molecule has 0 aliphatic heterocycles. The zero-order valence-electron chi connectivity index (χ0n) is 16.9. The van der Waals surface area contributed by atoms with Gasteiger partial charge in [0.15, 0.2) is 0 Å². The lowest BCUT2D eigenvalue weighted by molar-refractivity contribution is -0.139. The summed E-state index contributed by atoms with van der Waals surface area (Å²) >= 11 is 0. The van der Waals surface area contributed by atoms with Crippen LogP contribution in [-0.4, -0.2) is 42.5 Å². The van der Waals surface area contributed by atoms with E-state index in [4.69, 9.17) is 14.2 Å². The van der Waals surface area contributed by atoms with E-state index in [0.29, 0.717) is 19.4 Å². The second-order valence-corrected chi connectivity index (χ2v) is 7.54. The van der Waals surface area contributed by atoms with E-state index in [0.717, 1.165) is 0 Å². The molecule has 0 radical (unpaired) electrons. The van der Waals surface area contributed by atoms with Crippen molar-refractivity contribution in [3.63, 3.8) is 0 Å². The molecule has 2 N–H and O–H groups in total. The number of alkyl carbamates (subject to hydrolysis) is 2. The molecule has 26 heavy (non-hydrogen) atoms. The van der Waals surface area contributed by atoms with E-state index in [-0.39, 0.29) is 12.3 Å². The van der Waals surface area contributed by atoms with Crippen molar-refractivity contribution in [2.75, 3.05) is 13.2 Å². The maximum absolute atomic E-state index is 11.9. The van der Waals surface area contributed by atoms with Crippen molar-refractivity contribution in [3.8, 4) is 0 Å². The lowest BCUT2D eigenvalue weighted by Crippen LogP contribution is -2.34. The van der Waals surface area contributed by atoms with Crippen molar-refractivity contribution in [1.82, 2.24) is 10.6 Å². The molecule has 8 heteroatoms. The Morgan fingerprint density at radius 3 is 1.96 bits per heavy atom. The van der Waals surface area contributed by atoms with Crippen molar-refractivity contribution < 1.29 is 28.6 Å². The van der Waals surface area contributed by atoms with Gasteiger partial charge in [-0.25, -0.2) is 14.4 Å². The first-order chi connectivity index (χ1) is 11.8. The van der Waals surface area contributed by atoms with Crippen LogP contribution >= 0.6 is 0 Å². The van der Waals surface area contributed by atoms with Gasteiger partial charge in [-0.2, -0.15) is 0 Å². The fraction of sp³-hybridized carbons (Fsp3) is 0.722. The average molecular weight is 372 g/mol. The molecule has 0 aliphatic rings. The zero-order valence-corrected chi connectivity index (χ0v) is 16.9. The van der Waals surface area contributed by atoms with Crippen LogP contribution in [0, 0.1) is 0 Å². The minimum Gasteiger partial charge on any atom is -0.461 e. The number of unbranched alkanes of at least 4 members (excludes halogenated alkanes) is 1. The molecule has 0 aliphatic carbocycles. The quantitative estimate of drug-likeness (QED) is 0.308. The van der Waals surface area contributed by atoms with Gasteiger partial charge < -0.3 is 19.5 Å². The number of rotatable bonds is 7. The molecule has 0 aromatic rings. The Morgan fingerprint density at radius 2 is 1.46 bits per heavy atom. The summed E-state index contributed by atoms with van der Waals surface area (Å²) in [7, 11) is 0. The second kappa shape index (κ2) is 10.7. The van der Waals surface area contributed by atoms with E-state index in [1.807, 2.05) is 0 Å². The summed E-state index contributed by atoms with van der Waals surface area (Å²) in [5, 5.41) is 5.02. The standard InChI is InChI=1S/C18H32N2O6/c1-8-24-14(21)13(20-16(23)26-18(5,6)7)11-9-10-12-19-15(22)25-17(2,3)4/h11H,8-10,12H2,1-7H3,(H,19,22)(H,20,23)/b13-11+. The van der Waals surface area contributed by atoms with Gasteiger partial charge >= 0.3 is 18.2 Å². The van der Waals surface area contributed by atoms with Crippen molar-refractivity contribution in [2.24, 2.45) is 0 Å². The van der Waals surface area contributed by atoms with Crippen LogP contribution in [0.5, 0.6) is 0 Å². The van der Waals surface area contributed by atoms with E-state index < -0.39 is 29.4 Å². The Labute approximate surface area is 155 Å². The highest BCUT2D eigenvalue weighted by Gasteiger charge is 2.20. The SMILES string of the molecule is CCOC(=O)/C(=C\CCCNC(=O)OC(C)(C)C)NC(=O)OC(C)(C)C. The Hall–Kier alpha value is -2.25. The van der Waals surface area contributed by atoms with E-state index in [1.54, 1.807) is 54.5 Å². The molecule has 2 amide bonds. The number of nitrogens with one attached hydrogen (secondary N) is 2. The molecule has 150 valence electrons. The van der Waals surface area contributed by atoms with Gasteiger partial charge in [0.25, 0.3) is 0 Å². The molecule has 8 nitrogen and oxygen atoms in total. The van der Waals surface area contributed by atoms with E-state index >= 15 is 0 Å². The van der Waals surface area contributed by atoms with Gasteiger partial charge in [0.1, 0.15) is 16.9 Å². The zero-order chi connectivity index (χ0) is 20.4. The third kappa shape index (κ3) is 13.1. The minimum atomic E-state index is -0.733. The molecule has 0 rings (SSSR count). The lowest BCUT2D eigenvalue weighted by Gasteiger charge is -2.20. The molecule has 0 fully saturated rings. The summed E-state index contributed by atoms with van der Waals surface area (Å²) in [5.41, 5.74) is -1.22. The lowest BCUT2D eigenvalue weighted by atomic mass is 10.2. The number of ether oxygens (including phenoxy) is 3. The predicted molar refractivity (Wildman–Crippen MR) is 97.6 cm³/mol. The second-order valence-electron chi connectivity index (χ2n) is 7.54. The average Bonchev–Trinajstić information content (AvgIpc) is 2.41. The maximum Gasteiger partial charge on any atom is 0.412 e. The predicted octanol–water partition coefficient (Wildman–Crippen LogP) is 3.26.